The second kappa shape index (κ2) is 11.8. The number of carbonyl (C=O) groups excluding carboxylic acids is 2. The minimum Gasteiger partial charge on any atom is -0.463 e. The Morgan fingerprint density at radius 2 is 1.95 bits per heavy atom. The Hall–Kier alpha value is -2.73. The van der Waals surface area contributed by atoms with Crippen molar-refractivity contribution in [1.29, 1.82) is 0 Å². The number of rotatable bonds is 7. The molecule has 1 aliphatic rings. The molecule has 9 nitrogen and oxygen atoms in total. The van der Waals surface area contributed by atoms with E-state index in [0.29, 0.717) is 21.3 Å². The van der Waals surface area contributed by atoms with E-state index in [0.717, 1.165) is 11.1 Å². The van der Waals surface area contributed by atoms with Crippen LogP contribution in [0, 0.1) is 11.7 Å². The highest BCUT2D eigenvalue weighted by atomic mass is 35.5. The molecule has 1 aromatic carbocycles. The van der Waals surface area contributed by atoms with Crippen molar-refractivity contribution in [2.45, 2.75) is 49.4 Å². The van der Waals surface area contributed by atoms with Crippen LogP contribution in [0.15, 0.2) is 47.8 Å². The summed E-state index contributed by atoms with van der Waals surface area (Å²) >= 11 is 13.7. The number of halogens is 3. The zero-order chi connectivity index (χ0) is 26.7. The van der Waals surface area contributed by atoms with Gasteiger partial charge in [0, 0.05) is 36.4 Å². The Kier molecular flexibility index (Phi) is 8.68. The van der Waals surface area contributed by atoms with E-state index in [4.69, 9.17) is 37.4 Å². The van der Waals surface area contributed by atoms with Gasteiger partial charge in [-0.25, -0.2) is 9.07 Å². The molecule has 0 bridgehead atoms. The largest absolute Gasteiger partial charge is 0.463 e. The van der Waals surface area contributed by atoms with Gasteiger partial charge in [-0.05, 0) is 24.3 Å². The highest BCUT2D eigenvalue weighted by Gasteiger charge is 2.48. The van der Waals surface area contributed by atoms with Gasteiger partial charge < -0.3 is 14.2 Å². The summed E-state index contributed by atoms with van der Waals surface area (Å²) in [6.07, 6.45) is 2.52. The molecular weight excluding hydrogens is 546 g/mol. The zero-order valence-corrected chi connectivity index (χ0v) is 22.3. The Morgan fingerprint density at radius 3 is 2.62 bits per heavy atom. The van der Waals surface area contributed by atoms with Gasteiger partial charge in [-0.1, -0.05) is 47.1 Å². The van der Waals surface area contributed by atoms with Gasteiger partial charge in [-0.15, -0.1) is 5.10 Å². The van der Waals surface area contributed by atoms with Crippen LogP contribution in [0.25, 0.3) is 11.3 Å². The topological polar surface area (TPSA) is 105 Å². The second-order valence-corrected chi connectivity index (χ2v) is 10.4. The van der Waals surface area contributed by atoms with E-state index < -0.39 is 41.4 Å². The summed E-state index contributed by atoms with van der Waals surface area (Å²) in [6.45, 7) is 4.34. The van der Waals surface area contributed by atoms with Crippen molar-refractivity contribution in [3.63, 3.8) is 0 Å². The minimum atomic E-state index is -0.863. The van der Waals surface area contributed by atoms with Crippen LogP contribution < -0.4 is 0 Å². The second-order valence-electron chi connectivity index (χ2n) is 8.44. The lowest BCUT2D eigenvalue weighted by molar-refractivity contribution is -0.191. The first kappa shape index (κ1) is 27.3. The van der Waals surface area contributed by atoms with Crippen molar-refractivity contribution < 1.29 is 28.2 Å². The molecule has 3 heterocycles. The van der Waals surface area contributed by atoms with Crippen molar-refractivity contribution in [2.24, 2.45) is 5.92 Å². The van der Waals surface area contributed by atoms with Gasteiger partial charge in [0.25, 0.3) is 0 Å². The summed E-state index contributed by atoms with van der Waals surface area (Å²) < 4.78 is 32.5. The maximum Gasteiger partial charge on any atom is 0.303 e. The summed E-state index contributed by atoms with van der Waals surface area (Å²) in [5, 5.41) is 9.26. The van der Waals surface area contributed by atoms with Gasteiger partial charge in [0.05, 0.1) is 28.5 Å². The number of aromatic nitrogens is 4. The van der Waals surface area contributed by atoms with E-state index in [1.807, 2.05) is 13.0 Å². The van der Waals surface area contributed by atoms with E-state index in [1.165, 1.54) is 37.9 Å². The zero-order valence-electron chi connectivity index (χ0n) is 20.0. The normalized spacial score (nSPS) is 23.5. The fourth-order valence-corrected chi connectivity index (χ4v) is 5.58. The molecule has 3 aromatic rings. The molecule has 0 spiro atoms. The highest BCUT2D eigenvalue weighted by Crippen LogP contribution is 2.44. The van der Waals surface area contributed by atoms with Gasteiger partial charge >= 0.3 is 11.9 Å². The lowest BCUT2D eigenvalue weighted by Crippen LogP contribution is -2.53. The molecule has 0 saturated carbocycles. The van der Waals surface area contributed by atoms with E-state index >= 15 is 0 Å². The fraction of sp³-hybridized carbons (Fsp3) is 0.375. The number of benzene rings is 1. The van der Waals surface area contributed by atoms with Crippen molar-refractivity contribution in [3.8, 4) is 11.3 Å². The summed E-state index contributed by atoms with van der Waals surface area (Å²) in [5.41, 5.74) is 0.337. The minimum absolute atomic E-state index is 0.149. The molecule has 0 aliphatic carbocycles. The molecule has 37 heavy (non-hydrogen) atoms. The predicted molar refractivity (Wildman–Crippen MR) is 135 cm³/mol. The monoisotopic (exact) mass is 568 g/mol. The van der Waals surface area contributed by atoms with Crippen LogP contribution in [0.5, 0.6) is 0 Å². The van der Waals surface area contributed by atoms with E-state index in [1.54, 1.807) is 23.0 Å². The molecular formula is C24H23Cl2FN4O5S. The molecule has 0 N–H and O–H groups in total. The van der Waals surface area contributed by atoms with Gasteiger partial charge in [0.15, 0.2) is 6.10 Å². The molecule has 0 amide bonds. The van der Waals surface area contributed by atoms with Gasteiger partial charge in [-0.2, -0.15) is 0 Å². The standard InChI is InChI=1S/C24H23Cl2FN4O5S/c1-12-22(31-10-20(29-30-31)15-6-16(27)9-28-8-15)23(35-14(3)33)21(11-34-13(2)32)36-24(12)37-17-4-5-18(25)19(26)7-17/h4-10,12,21-24H,11H2,1-3H3/t12?,21?,22-,23+,24-/m1/s1. The summed E-state index contributed by atoms with van der Waals surface area (Å²) in [6, 6.07) is 5.95. The molecule has 2 unspecified atom stereocenters. The van der Waals surface area contributed by atoms with Crippen molar-refractivity contribution in [2.75, 3.05) is 6.61 Å². The maximum atomic E-state index is 13.7. The van der Waals surface area contributed by atoms with Gasteiger partial charge in [0.1, 0.15) is 29.7 Å². The van der Waals surface area contributed by atoms with Crippen LogP contribution in [-0.4, -0.2) is 56.2 Å². The number of pyridine rings is 1. The summed E-state index contributed by atoms with van der Waals surface area (Å²) in [4.78, 5) is 28.3. The first-order valence-electron chi connectivity index (χ1n) is 11.2. The maximum absolute atomic E-state index is 13.7. The first-order chi connectivity index (χ1) is 17.6. The number of esters is 2. The molecule has 1 aliphatic heterocycles. The lowest BCUT2D eigenvalue weighted by Gasteiger charge is -2.44. The molecule has 1 fully saturated rings. The molecule has 2 aromatic heterocycles. The number of hydrogen-bond donors (Lipinski definition) is 0. The Balaban J connectivity index is 1.71. The van der Waals surface area contributed by atoms with Crippen molar-refractivity contribution >= 4 is 46.9 Å². The third-order valence-electron chi connectivity index (χ3n) is 5.69. The van der Waals surface area contributed by atoms with Crippen LogP contribution in [0.4, 0.5) is 4.39 Å². The molecule has 13 heteroatoms. The molecule has 0 radical (unpaired) electrons. The molecule has 196 valence electrons. The Labute approximate surface area is 226 Å². The summed E-state index contributed by atoms with van der Waals surface area (Å²) in [5.74, 6) is -1.85. The van der Waals surface area contributed by atoms with E-state index in [9.17, 15) is 14.0 Å². The molecule has 1 saturated heterocycles. The van der Waals surface area contributed by atoms with Crippen LogP contribution in [-0.2, 0) is 23.8 Å². The average Bonchev–Trinajstić information content (AvgIpc) is 3.32. The van der Waals surface area contributed by atoms with E-state index in [2.05, 4.69) is 15.3 Å². The SMILES string of the molecule is CC(=O)OCC1O[C@H](Sc2ccc(Cl)c(Cl)c2)C(C)[C@@H](n2cc(-c3cncc(F)c3)nn2)[C@H]1OC(C)=O. The van der Waals surface area contributed by atoms with Crippen LogP contribution in [0.1, 0.15) is 26.8 Å². The third-order valence-corrected chi connectivity index (χ3v) is 7.73. The average molecular weight is 569 g/mol. The van der Waals surface area contributed by atoms with Crippen LogP contribution in [0.2, 0.25) is 10.0 Å². The van der Waals surface area contributed by atoms with Crippen LogP contribution >= 0.6 is 35.0 Å². The first-order valence-corrected chi connectivity index (χ1v) is 12.9. The van der Waals surface area contributed by atoms with Crippen molar-refractivity contribution in [1.82, 2.24) is 20.0 Å². The predicted octanol–water partition coefficient (Wildman–Crippen LogP) is 4.98. The number of thioether (sulfide) groups is 1. The fourth-order valence-electron chi connectivity index (χ4n) is 4.04. The van der Waals surface area contributed by atoms with Crippen LogP contribution in [0.3, 0.4) is 0 Å². The summed E-state index contributed by atoms with van der Waals surface area (Å²) in [7, 11) is 0. The Morgan fingerprint density at radius 1 is 1.16 bits per heavy atom. The highest BCUT2D eigenvalue weighted by molar-refractivity contribution is 7.99. The quantitative estimate of drug-likeness (QED) is 0.365. The molecule has 4 rings (SSSR count). The van der Waals surface area contributed by atoms with Gasteiger partial charge in [-0.3, -0.25) is 14.6 Å². The number of nitrogens with zero attached hydrogens (tertiary/aromatic N) is 4. The lowest BCUT2D eigenvalue weighted by atomic mass is 9.90. The number of carbonyl (C=O) groups is 2. The Bertz CT molecular complexity index is 1300. The van der Waals surface area contributed by atoms with E-state index in [-0.39, 0.29) is 12.5 Å². The van der Waals surface area contributed by atoms with Crippen molar-refractivity contribution in [3.05, 3.63) is 58.7 Å². The van der Waals surface area contributed by atoms with Gasteiger partial charge in [0.2, 0.25) is 0 Å². The third kappa shape index (κ3) is 6.59. The number of hydrogen-bond acceptors (Lipinski definition) is 9. The number of ether oxygens (including phenoxy) is 3. The smallest absolute Gasteiger partial charge is 0.303 e. The molecule has 5 atom stereocenters.